The molecule has 148 valence electrons. The fourth-order valence-electron chi connectivity index (χ4n) is 3.72. The van der Waals surface area contributed by atoms with Crippen molar-refractivity contribution < 1.29 is 14.3 Å². The molecule has 0 saturated carbocycles. The summed E-state index contributed by atoms with van der Waals surface area (Å²) >= 11 is 0. The van der Waals surface area contributed by atoms with Gasteiger partial charge in [0, 0.05) is 5.92 Å². The minimum absolute atomic E-state index is 0.0131. The van der Waals surface area contributed by atoms with Crippen LogP contribution in [0.4, 0.5) is 4.79 Å². The molecule has 0 spiro atoms. The van der Waals surface area contributed by atoms with Gasteiger partial charge in [0.05, 0.1) is 0 Å². The van der Waals surface area contributed by atoms with E-state index in [9.17, 15) is 9.59 Å². The lowest BCUT2D eigenvalue weighted by molar-refractivity contribution is -0.120. The van der Waals surface area contributed by atoms with Gasteiger partial charge in [-0.25, -0.2) is 4.79 Å². The topological polar surface area (TPSA) is 93.4 Å². The van der Waals surface area contributed by atoms with Gasteiger partial charge >= 0.3 is 6.09 Å². The fourth-order valence-corrected chi connectivity index (χ4v) is 3.72. The fraction of sp³-hybridized carbons (Fsp3) is 0.364. The Balaban J connectivity index is 1.60. The minimum atomic E-state index is -0.715. The number of fused-ring (bicyclic) bond motifs is 3. The van der Waals surface area contributed by atoms with E-state index in [1.165, 1.54) is 11.1 Å². The predicted molar refractivity (Wildman–Crippen MR) is 109 cm³/mol. The van der Waals surface area contributed by atoms with E-state index in [0.29, 0.717) is 6.42 Å². The molecule has 28 heavy (non-hydrogen) atoms. The molecule has 2 aromatic rings. The maximum absolute atomic E-state index is 12.3. The van der Waals surface area contributed by atoms with Crippen LogP contribution >= 0.6 is 0 Å². The van der Waals surface area contributed by atoms with Gasteiger partial charge in [0.15, 0.2) is 0 Å². The number of nitrogens with two attached hydrogens (primary N) is 1. The molecule has 0 heterocycles. The first-order chi connectivity index (χ1) is 13.6. The maximum Gasteiger partial charge on any atom is 0.407 e. The zero-order valence-electron chi connectivity index (χ0n) is 16.1. The highest BCUT2D eigenvalue weighted by atomic mass is 16.5. The summed E-state index contributed by atoms with van der Waals surface area (Å²) in [4.78, 5) is 23.9. The number of hydrogen-bond donors (Lipinski definition) is 3. The lowest BCUT2D eigenvalue weighted by atomic mass is 9.98. The third-order valence-corrected chi connectivity index (χ3v) is 5.15. The highest BCUT2D eigenvalue weighted by Gasteiger charge is 2.29. The average Bonchev–Trinajstić information content (AvgIpc) is 3.02. The molecule has 0 radical (unpaired) electrons. The molecule has 6 heteroatoms. The molecule has 1 aliphatic carbocycles. The van der Waals surface area contributed by atoms with Crippen LogP contribution in [0.5, 0.6) is 0 Å². The molecule has 6 nitrogen and oxygen atoms in total. The molecule has 4 N–H and O–H groups in total. The van der Waals surface area contributed by atoms with E-state index in [1.54, 1.807) is 0 Å². The number of rotatable bonds is 9. The quantitative estimate of drug-likeness (QED) is 0.582. The number of primary amides is 1. The van der Waals surface area contributed by atoms with Crippen LogP contribution in [0.15, 0.2) is 48.5 Å². The molecular weight excluding hydrogens is 354 g/mol. The number of unbranched alkanes of at least 4 members (excludes halogenated alkanes) is 1. The zero-order chi connectivity index (χ0) is 19.9. The van der Waals surface area contributed by atoms with Crippen molar-refractivity contribution >= 4 is 12.0 Å². The molecule has 3 rings (SSSR count). The lowest BCUT2D eigenvalue weighted by Crippen LogP contribution is -2.44. The highest BCUT2D eigenvalue weighted by Crippen LogP contribution is 2.44. The standard InChI is InChI=1S/C22H27N3O3/c1-24-13-7-6-12-20(21(23)26)25-22(27)28-14-19-17-10-4-2-8-15(17)16-9-3-5-11-18(16)19/h2-5,8-11,19-20,24H,6-7,12-14H2,1H3,(H2,23,26)(H,25,27). The summed E-state index contributed by atoms with van der Waals surface area (Å²) in [5, 5.41) is 5.66. The SMILES string of the molecule is CNCCCCC(NC(=O)OCC1c2ccccc2-c2ccccc21)C(N)=O. The van der Waals surface area contributed by atoms with Crippen LogP contribution in [-0.4, -0.2) is 38.2 Å². The molecular formula is C22H27N3O3. The summed E-state index contributed by atoms with van der Waals surface area (Å²) in [6, 6.07) is 15.6. The van der Waals surface area contributed by atoms with Crippen LogP contribution < -0.4 is 16.4 Å². The molecule has 1 aliphatic rings. The van der Waals surface area contributed by atoms with E-state index in [1.807, 2.05) is 31.3 Å². The molecule has 0 aliphatic heterocycles. The zero-order valence-corrected chi connectivity index (χ0v) is 16.1. The van der Waals surface area contributed by atoms with Gasteiger partial charge in [0.25, 0.3) is 0 Å². The Bertz CT molecular complexity index is 792. The Kier molecular flexibility index (Phi) is 6.66. The van der Waals surface area contributed by atoms with Crippen molar-refractivity contribution in [3.05, 3.63) is 59.7 Å². The van der Waals surface area contributed by atoms with Crippen molar-refractivity contribution in [3.8, 4) is 11.1 Å². The molecule has 2 amide bonds. The summed E-state index contributed by atoms with van der Waals surface area (Å²) in [7, 11) is 1.88. The van der Waals surface area contributed by atoms with E-state index in [4.69, 9.17) is 10.5 Å². The van der Waals surface area contributed by atoms with Gasteiger partial charge < -0.3 is 21.1 Å². The number of benzene rings is 2. The largest absolute Gasteiger partial charge is 0.449 e. The molecule has 0 aromatic heterocycles. The first kappa shape index (κ1) is 19.9. The van der Waals surface area contributed by atoms with Crippen molar-refractivity contribution in [2.75, 3.05) is 20.2 Å². The maximum atomic E-state index is 12.3. The number of amides is 2. The summed E-state index contributed by atoms with van der Waals surface area (Å²) < 4.78 is 5.48. The van der Waals surface area contributed by atoms with Crippen molar-refractivity contribution in [3.63, 3.8) is 0 Å². The first-order valence-electron chi connectivity index (χ1n) is 9.67. The Morgan fingerprint density at radius 2 is 1.64 bits per heavy atom. The number of hydrogen-bond acceptors (Lipinski definition) is 4. The van der Waals surface area contributed by atoms with Crippen molar-refractivity contribution in [2.24, 2.45) is 5.73 Å². The van der Waals surface area contributed by atoms with Crippen molar-refractivity contribution in [1.82, 2.24) is 10.6 Å². The number of ether oxygens (including phenoxy) is 1. The molecule has 0 saturated heterocycles. The number of carbonyl (C=O) groups is 2. The first-order valence-corrected chi connectivity index (χ1v) is 9.67. The predicted octanol–water partition coefficient (Wildman–Crippen LogP) is 2.77. The Hall–Kier alpha value is -2.86. The monoisotopic (exact) mass is 381 g/mol. The van der Waals surface area contributed by atoms with E-state index >= 15 is 0 Å². The molecule has 0 fully saturated rings. The average molecular weight is 381 g/mol. The van der Waals surface area contributed by atoms with Crippen LogP contribution in [-0.2, 0) is 9.53 Å². The van der Waals surface area contributed by atoms with E-state index in [0.717, 1.165) is 30.5 Å². The van der Waals surface area contributed by atoms with Crippen LogP contribution in [0.3, 0.4) is 0 Å². The van der Waals surface area contributed by atoms with Gasteiger partial charge in [-0.05, 0) is 55.1 Å². The van der Waals surface area contributed by atoms with E-state index < -0.39 is 18.0 Å². The second-order valence-corrected chi connectivity index (χ2v) is 7.02. The van der Waals surface area contributed by atoms with Gasteiger partial charge in [-0.1, -0.05) is 48.5 Å². The highest BCUT2D eigenvalue weighted by molar-refractivity contribution is 5.84. The smallest absolute Gasteiger partial charge is 0.407 e. The van der Waals surface area contributed by atoms with Crippen molar-refractivity contribution in [1.29, 1.82) is 0 Å². The van der Waals surface area contributed by atoms with Crippen LogP contribution in [0, 0.1) is 0 Å². The summed E-state index contributed by atoms with van der Waals surface area (Å²) in [5.41, 5.74) is 10.1. The summed E-state index contributed by atoms with van der Waals surface area (Å²) in [6.07, 6.45) is 1.59. The van der Waals surface area contributed by atoms with E-state index in [2.05, 4.69) is 34.9 Å². The summed E-state index contributed by atoms with van der Waals surface area (Å²) in [6.45, 7) is 1.07. The third-order valence-electron chi connectivity index (χ3n) is 5.15. The molecule has 2 aromatic carbocycles. The second kappa shape index (κ2) is 9.37. The molecule has 0 bridgehead atoms. The normalized spacial score (nSPS) is 13.5. The van der Waals surface area contributed by atoms with Crippen LogP contribution in [0.25, 0.3) is 11.1 Å². The summed E-state index contributed by atoms with van der Waals surface area (Å²) in [5.74, 6) is -0.557. The number of nitrogens with one attached hydrogen (secondary N) is 2. The van der Waals surface area contributed by atoms with Crippen LogP contribution in [0.1, 0.15) is 36.3 Å². The molecule has 1 atom stereocenters. The van der Waals surface area contributed by atoms with Gasteiger partial charge in [0.2, 0.25) is 5.91 Å². The van der Waals surface area contributed by atoms with Gasteiger partial charge in [-0.2, -0.15) is 0 Å². The van der Waals surface area contributed by atoms with Gasteiger partial charge in [-0.15, -0.1) is 0 Å². The molecule has 1 unspecified atom stereocenters. The van der Waals surface area contributed by atoms with E-state index in [-0.39, 0.29) is 12.5 Å². The van der Waals surface area contributed by atoms with Crippen LogP contribution in [0.2, 0.25) is 0 Å². The third kappa shape index (κ3) is 4.51. The minimum Gasteiger partial charge on any atom is -0.449 e. The number of carbonyl (C=O) groups excluding carboxylic acids is 2. The van der Waals surface area contributed by atoms with Gasteiger partial charge in [-0.3, -0.25) is 4.79 Å². The Morgan fingerprint density at radius 1 is 1.04 bits per heavy atom. The Morgan fingerprint density at radius 3 is 2.21 bits per heavy atom. The lowest BCUT2D eigenvalue weighted by Gasteiger charge is -2.18. The van der Waals surface area contributed by atoms with Gasteiger partial charge in [0.1, 0.15) is 12.6 Å². The van der Waals surface area contributed by atoms with Crippen molar-refractivity contribution in [2.45, 2.75) is 31.2 Å². The second-order valence-electron chi connectivity index (χ2n) is 7.02. The number of alkyl carbamates (subject to hydrolysis) is 1. The Labute approximate surface area is 165 Å².